The summed E-state index contributed by atoms with van der Waals surface area (Å²) in [5.41, 5.74) is 1.50. The van der Waals surface area contributed by atoms with E-state index in [4.69, 9.17) is 26.4 Å². The van der Waals surface area contributed by atoms with Gasteiger partial charge in [0.15, 0.2) is 16.6 Å². The van der Waals surface area contributed by atoms with Crippen molar-refractivity contribution in [1.82, 2.24) is 0 Å². The van der Waals surface area contributed by atoms with E-state index in [1.54, 1.807) is 60.7 Å². The highest BCUT2D eigenvalue weighted by Crippen LogP contribution is 2.41. The minimum atomic E-state index is -0.537. The minimum absolute atomic E-state index is 0.0730. The van der Waals surface area contributed by atoms with Crippen LogP contribution in [0, 0.1) is 0 Å². The number of anilines is 2. The summed E-state index contributed by atoms with van der Waals surface area (Å²) in [4.78, 5) is 30.0. The minimum Gasteiger partial charge on any atom is -0.493 e. The van der Waals surface area contributed by atoms with Crippen molar-refractivity contribution in [2.45, 2.75) is 0 Å². The largest absolute Gasteiger partial charge is 0.493 e. The molecule has 0 bridgehead atoms. The van der Waals surface area contributed by atoms with Crippen molar-refractivity contribution in [3.8, 4) is 17.2 Å². The zero-order valence-corrected chi connectivity index (χ0v) is 19.7. The molecule has 1 heterocycles. The molecule has 0 radical (unpaired) electrons. The molecule has 0 saturated carbocycles. The lowest BCUT2D eigenvalue weighted by molar-refractivity contribution is -0.120. The van der Waals surface area contributed by atoms with Crippen LogP contribution >= 0.6 is 12.2 Å². The van der Waals surface area contributed by atoms with E-state index in [9.17, 15) is 9.59 Å². The van der Waals surface area contributed by atoms with Gasteiger partial charge < -0.3 is 14.2 Å². The molecule has 172 valence electrons. The van der Waals surface area contributed by atoms with E-state index in [-0.39, 0.29) is 10.7 Å². The molecule has 0 aromatic heterocycles. The van der Waals surface area contributed by atoms with Gasteiger partial charge in [-0.05, 0) is 54.7 Å². The number of carbonyl (C=O) groups is 2. The fourth-order valence-electron chi connectivity index (χ4n) is 3.73. The summed E-state index contributed by atoms with van der Waals surface area (Å²) >= 11 is 5.63. The third kappa shape index (κ3) is 3.99. The maximum absolute atomic E-state index is 13.6. The average molecular weight is 475 g/mol. The summed E-state index contributed by atoms with van der Waals surface area (Å²) in [6.45, 7) is 0. The molecular formula is C26H22N2O5S. The Morgan fingerprint density at radius 1 is 0.676 bits per heavy atom. The Hall–Kier alpha value is -4.17. The van der Waals surface area contributed by atoms with Gasteiger partial charge in [-0.2, -0.15) is 0 Å². The van der Waals surface area contributed by atoms with Crippen LogP contribution in [-0.4, -0.2) is 38.3 Å². The number of hydrogen-bond acceptors (Lipinski definition) is 6. The highest BCUT2D eigenvalue weighted by molar-refractivity contribution is 7.81. The highest BCUT2D eigenvalue weighted by atomic mass is 32.1. The van der Waals surface area contributed by atoms with Gasteiger partial charge >= 0.3 is 0 Å². The van der Waals surface area contributed by atoms with E-state index < -0.39 is 11.8 Å². The number of hydrogen-bond donors (Lipinski definition) is 0. The van der Waals surface area contributed by atoms with Gasteiger partial charge in [0.1, 0.15) is 5.57 Å². The first-order chi connectivity index (χ1) is 16.5. The molecule has 4 rings (SSSR count). The lowest BCUT2D eigenvalue weighted by atomic mass is 10.0. The molecule has 7 nitrogen and oxygen atoms in total. The third-order valence-corrected chi connectivity index (χ3v) is 5.68. The van der Waals surface area contributed by atoms with Crippen molar-refractivity contribution < 1.29 is 23.8 Å². The van der Waals surface area contributed by atoms with Crippen LogP contribution in [0.5, 0.6) is 17.2 Å². The predicted octanol–water partition coefficient (Wildman–Crippen LogP) is 4.46. The van der Waals surface area contributed by atoms with Gasteiger partial charge in [0.2, 0.25) is 5.75 Å². The molecule has 34 heavy (non-hydrogen) atoms. The van der Waals surface area contributed by atoms with Gasteiger partial charge in [0.05, 0.1) is 32.7 Å². The number of methoxy groups -OCH3 is 3. The van der Waals surface area contributed by atoms with Crippen LogP contribution in [0.3, 0.4) is 0 Å². The zero-order chi connectivity index (χ0) is 24.2. The van der Waals surface area contributed by atoms with Gasteiger partial charge in [-0.25, -0.2) is 0 Å². The molecule has 0 N–H and O–H groups in total. The van der Waals surface area contributed by atoms with Crippen molar-refractivity contribution in [2.75, 3.05) is 31.1 Å². The molecule has 0 atom stereocenters. The van der Waals surface area contributed by atoms with Crippen molar-refractivity contribution in [3.63, 3.8) is 0 Å². The van der Waals surface area contributed by atoms with E-state index in [0.29, 0.717) is 34.2 Å². The van der Waals surface area contributed by atoms with Crippen molar-refractivity contribution in [1.29, 1.82) is 0 Å². The van der Waals surface area contributed by atoms with Crippen LogP contribution in [0.2, 0.25) is 0 Å². The number of amides is 2. The second kappa shape index (κ2) is 9.76. The third-order valence-electron chi connectivity index (χ3n) is 5.31. The van der Waals surface area contributed by atoms with E-state index in [1.807, 2.05) is 12.1 Å². The average Bonchev–Trinajstić information content (AvgIpc) is 2.87. The maximum Gasteiger partial charge on any atom is 0.270 e. The van der Waals surface area contributed by atoms with Gasteiger partial charge in [0, 0.05) is 5.56 Å². The molecule has 2 amide bonds. The van der Waals surface area contributed by atoms with Crippen molar-refractivity contribution in [2.24, 2.45) is 0 Å². The number of benzene rings is 3. The summed E-state index contributed by atoms with van der Waals surface area (Å²) < 4.78 is 16.3. The SMILES string of the molecule is COc1ccc(C=C2C(=O)N(c3ccccc3)C(=S)N(c3ccccc3)C2=O)c(OC)c1OC. The van der Waals surface area contributed by atoms with E-state index in [2.05, 4.69) is 0 Å². The first-order valence-electron chi connectivity index (χ1n) is 10.4. The lowest BCUT2D eigenvalue weighted by Gasteiger charge is -2.36. The number of nitrogens with zero attached hydrogens (tertiary/aromatic N) is 2. The first-order valence-corrected chi connectivity index (χ1v) is 10.8. The molecule has 1 saturated heterocycles. The van der Waals surface area contributed by atoms with Crippen LogP contribution in [-0.2, 0) is 9.59 Å². The van der Waals surface area contributed by atoms with Gasteiger partial charge in [-0.3, -0.25) is 19.4 Å². The molecule has 1 fully saturated rings. The lowest BCUT2D eigenvalue weighted by Crippen LogP contribution is -2.56. The van der Waals surface area contributed by atoms with Crippen LogP contribution in [0.4, 0.5) is 11.4 Å². The monoisotopic (exact) mass is 474 g/mol. The van der Waals surface area contributed by atoms with Gasteiger partial charge in [-0.1, -0.05) is 36.4 Å². The highest BCUT2D eigenvalue weighted by Gasteiger charge is 2.41. The second-order valence-corrected chi connectivity index (χ2v) is 7.58. The summed E-state index contributed by atoms with van der Waals surface area (Å²) in [6, 6.07) is 21.3. The first kappa shape index (κ1) is 23.0. The van der Waals surface area contributed by atoms with Crippen molar-refractivity contribution in [3.05, 3.63) is 83.9 Å². The molecule has 1 aliphatic rings. The molecule has 1 aliphatic heterocycles. The number of thiocarbonyl (C=S) groups is 1. The van der Waals surface area contributed by atoms with Gasteiger partial charge in [0.25, 0.3) is 11.8 Å². The summed E-state index contributed by atoms with van der Waals surface area (Å²) in [5, 5.41) is 0.0730. The van der Waals surface area contributed by atoms with Crippen LogP contribution in [0.25, 0.3) is 6.08 Å². The molecule has 3 aromatic rings. The smallest absolute Gasteiger partial charge is 0.270 e. The zero-order valence-electron chi connectivity index (χ0n) is 18.8. The fraction of sp³-hybridized carbons (Fsp3) is 0.115. The van der Waals surface area contributed by atoms with E-state index in [1.165, 1.54) is 37.2 Å². The molecule has 0 spiro atoms. The topological polar surface area (TPSA) is 68.3 Å². The fourth-order valence-corrected chi connectivity index (χ4v) is 4.11. The second-order valence-electron chi connectivity index (χ2n) is 7.22. The Morgan fingerprint density at radius 3 is 1.62 bits per heavy atom. The summed E-state index contributed by atoms with van der Waals surface area (Å²) in [6.07, 6.45) is 1.49. The summed E-state index contributed by atoms with van der Waals surface area (Å²) in [7, 11) is 4.48. The Bertz CT molecular complexity index is 1210. The standard InChI is InChI=1S/C26H22N2O5S/c1-31-21-15-14-17(22(32-2)23(21)33-3)16-20-24(29)27(18-10-6-4-7-11-18)26(34)28(25(20)30)19-12-8-5-9-13-19/h4-16H,1-3H3. The Labute approximate surface area is 202 Å². The molecule has 8 heteroatoms. The van der Waals surface area contributed by atoms with E-state index >= 15 is 0 Å². The number of para-hydroxylation sites is 2. The number of ether oxygens (including phenoxy) is 3. The van der Waals surface area contributed by atoms with Crippen LogP contribution in [0.1, 0.15) is 5.56 Å². The number of carbonyl (C=O) groups excluding carboxylic acids is 2. The molecule has 0 aliphatic carbocycles. The summed E-state index contributed by atoms with van der Waals surface area (Å²) in [5.74, 6) is 0.0715. The Kier molecular flexibility index (Phi) is 6.60. The Morgan fingerprint density at radius 2 is 1.18 bits per heavy atom. The van der Waals surface area contributed by atoms with Crippen LogP contribution < -0.4 is 24.0 Å². The maximum atomic E-state index is 13.6. The van der Waals surface area contributed by atoms with Gasteiger partial charge in [-0.15, -0.1) is 0 Å². The normalized spacial score (nSPS) is 13.7. The molecule has 0 unspecified atom stereocenters. The quantitative estimate of drug-likeness (QED) is 0.299. The Balaban J connectivity index is 1.91. The van der Waals surface area contributed by atoms with E-state index in [0.717, 1.165) is 0 Å². The predicted molar refractivity (Wildman–Crippen MR) is 135 cm³/mol. The number of rotatable bonds is 6. The van der Waals surface area contributed by atoms with Crippen molar-refractivity contribution >= 4 is 46.6 Å². The van der Waals surface area contributed by atoms with Crippen LogP contribution in [0.15, 0.2) is 78.4 Å². The molecular weight excluding hydrogens is 452 g/mol. The molecule has 3 aromatic carbocycles.